The van der Waals surface area contributed by atoms with E-state index in [1.807, 2.05) is 36.5 Å². The summed E-state index contributed by atoms with van der Waals surface area (Å²) < 4.78 is 10.3. The first-order valence-corrected chi connectivity index (χ1v) is 12.6. The zero-order valence-corrected chi connectivity index (χ0v) is 21.2. The van der Waals surface area contributed by atoms with Crippen LogP contribution in [0, 0.1) is 13.8 Å². The SMILES string of the molecule is Cc1nn(C)c2c1-c1cc3c([nH]nc3c(C)n1)/C=C/c1cnn(CCO)c1CN(C1CC1)C[C@H](C)O2. The fourth-order valence-corrected chi connectivity index (χ4v) is 5.24. The molecule has 0 spiro atoms. The first kappa shape index (κ1) is 22.9. The number of pyridine rings is 1. The molecule has 0 amide bonds. The summed E-state index contributed by atoms with van der Waals surface area (Å²) in [6.07, 6.45) is 8.33. The normalized spacial score (nSPS) is 19.5. The minimum atomic E-state index is -0.0632. The smallest absolute Gasteiger partial charge is 0.221 e. The highest BCUT2D eigenvalue weighted by Crippen LogP contribution is 2.36. The molecule has 36 heavy (non-hydrogen) atoms. The highest BCUT2D eigenvalue weighted by Gasteiger charge is 2.32. The molecule has 10 nitrogen and oxygen atoms in total. The van der Waals surface area contributed by atoms with Gasteiger partial charge in [0.25, 0.3) is 0 Å². The second-order valence-electron chi connectivity index (χ2n) is 9.93. The number of aliphatic hydroxyl groups excluding tert-OH is 1. The first-order chi connectivity index (χ1) is 17.4. The van der Waals surface area contributed by atoms with Gasteiger partial charge in [-0.15, -0.1) is 0 Å². The Kier molecular flexibility index (Phi) is 5.65. The molecule has 5 heterocycles. The van der Waals surface area contributed by atoms with Crippen molar-refractivity contribution in [1.82, 2.24) is 39.6 Å². The van der Waals surface area contributed by atoms with Crippen LogP contribution in [-0.4, -0.2) is 70.0 Å². The zero-order valence-electron chi connectivity index (χ0n) is 21.2. The summed E-state index contributed by atoms with van der Waals surface area (Å²) in [4.78, 5) is 7.37. The molecule has 4 aromatic rings. The molecule has 2 aliphatic rings. The summed E-state index contributed by atoms with van der Waals surface area (Å²) in [6, 6.07) is 2.60. The largest absolute Gasteiger partial charge is 0.473 e. The number of nitrogens with zero attached hydrogens (tertiary/aromatic N) is 7. The Hall–Kier alpha value is -3.50. The van der Waals surface area contributed by atoms with Crippen molar-refractivity contribution >= 4 is 23.1 Å². The minimum absolute atomic E-state index is 0.0453. The predicted molar refractivity (Wildman–Crippen MR) is 137 cm³/mol. The number of aliphatic hydroxyl groups is 1. The Morgan fingerprint density at radius 2 is 2.03 bits per heavy atom. The van der Waals surface area contributed by atoms with Crippen LogP contribution in [0.1, 0.15) is 48.1 Å². The maximum Gasteiger partial charge on any atom is 0.221 e. The van der Waals surface area contributed by atoms with E-state index in [0.717, 1.165) is 69.5 Å². The molecule has 1 saturated carbocycles. The lowest BCUT2D eigenvalue weighted by atomic mass is 10.1. The third kappa shape index (κ3) is 4.00. The molecule has 1 fully saturated rings. The van der Waals surface area contributed by atoms with E-state index in [4.69, 9.17) is 9.72 Å². The van der Waals surface area contributed by atoms with Crippen molar-refractivity contribution in [3.8, 4) is 17.1 Å². The number of aryl methyl sites for hydroxylation is 3. The van der Waals surface area contributed by atoms with E-state index < -0.39 is 0 Å². The van der Waals surface area contributed by atoms with Crippen molar-refractivity contribution in [3.63, 3.8) is 0 Å². The number of ether oxygens (including phenoxy) is 1. The number of aromatic amines is 1. The van der Waals surface area contributed by atoms with E-state index in [1.54, 1.807) is 0 Å². The molecule has 1 aliphatic carbocycles. The Morgan fingerprint density at radius 1 is 1.19 bits per heavy atom. The summed E-state index contributed by atoms with van der Waals surface area (Å²) in [5.41, 5.74) is 7.35. The predicted octanol–water partition coefficient (Wildman–Crippen LogP) is 3.08. The van der Waals surface area contributed by atoms with Crippen LogP contribution in [0.15, 0.2) is 12.3 Å². The van der Waals surface area contributed by atoms with Gasteiger partial charge in [0.05, 0.1) is 53.4 Å². The molecule has 2 N–H and O–H groups in total. The molecule has 0 aromatic carbocycles. The standard InChI is InChI=1S/C26H32N8O2/c1-15-13-33(19-6-7-19)14-23-18(12-27-34(23)9-10-35)5-8-21-20-11-22(28-17(3)25(20)30-29-21)24-16(2)31-32(4)26(24)36-15/h5,8,11-12,15,19,35H,6-7,9-10,13-14H2,1-4H3,(H,29,30)/b8-5+/t15-/m0/s1. The molecule has 10 heteroatoms. The molecule has 6 rings (SSSR count). The van der Waals surface area contributed by atoms with Crippen molar-refractivity contribution in [3.05, 3.63) is 40.6 Å². The minimum Gasteiger partial charge on any atom is -0.473 e. The van der Waals surface area contributed by atoms with Gasteiger partial charge in [0.2, 0.25) is 5.88 Å². The van der Waals surface area contributed by atoms with Crippen molar-refractivity contribution in [2.45, 2.75) is 58.8 Å². The fraction of sp³-hybridized carbons (Fsp3) is 0.462. The average molecular weight is 489 g/mol. The van der Waals surface area contributed by atoms with Gasteiger partial charge in [-0.05, 0) is 51.8 Å². The van der Waals surface area contributed by atoms with Crippen LogP contribution in [0.5, 0.6) is 5.88 Å². The Balaban J connectivity index is 1.54. The number of nitrogens with one attached hydrogen (secondary N) is 1. The molecular formula is C26H32N8O2. The molecular weight excluding hydrogens is 456 g/mol. The maximum atomic E-state index is 9.64. The van der Waals surface area contributed by atoms with Gasteiger partial charge in [-0.3, -0.25) is 19.7 Å². The Labute approximate surface area is 209 Å². The van der Waals surface area contributed by atoms with E-state index in [0.29, 0.717) is 12.6 Å². The van der Waals surface area contributed by atoms with Gasteiger partial charge in [-0.1, -0.05) is 0 Å². The molecule has 0 saturated heterocycles. The molecule has 1 atom stereocenters. The Morgan fingerprint density at radius 3 is 2.81 bits per heavy atom. The number of hydrogen-bond donors (Lipinski definition) is 2. The van der Waals surface area contributed by atoms with Gasteiger partial charge < -0.3 is 9.84 Å². The number of hydrogen-bond acceptors (Lipinski definition) is 7. The molecule has 4 aromatic heterocycles. The second kappa shape index (κ2) is 8.86. The van der Waals surface area contributed by atoms with Crippen molar-refractivity contribution in [1.29, 1.82) is 0 Å². The van der Waals surface area contributed by atoms with E-state index in [1.165, 1.54) is 12.8 Å². The van der Waals surface area contributed by atoms with Crippen LogP contribution in [0.3, 0.4) is 0 Å². The zero-order chi connectivity index (χ0) is 25.0. The molecule has 188 valence electrons. The second-order valence-corrected chi connectivity index (χ2v) is 9.93. The van der Waals surface area contributed by atoms with Gasteiger partial charge in [-0.25, -0.2) is 4.68 Å². The van der Waals surface area contributed by atoms with E-state index in [9.17, 15) is 5.11 Å². The molecule has 2 bridgehead atoms. The van der Waals surface area contributed by atoms with Crippen LogP contribution in [-0.2, 0) is 20.1 Å². The monoisotopic (exact) mass is 488 g/mol. The van der Waals surface area contributed by atoms with Gasteiger partial charge in [0.15, 0.2) is 0 Å². The highest BCUT2D eigenvalue weighted by molar-refractivity contribution is 5.93. The van der Waals surface area contributed by atoms with Crippen LogP contribution < -0.4 is 4.74 Å². The van der Waals surface area contributed by atoms with Crippen molar-refractivity contribution < 1.29 is 9.84 Å². The number of aromatic nitrogens is 7. The van der Waals surface area contributed by atoms with Crippen LogP contribution in [0.4, 0.5) is 0 Å². The number of rotatable bonds is 3. The average Bonchev–Trinajstić information content (AvgIpc) is 3.42. The lowest BCUT2D eigenvalue weighted by molar-refractivity contribution is 0.125. The summed E-state index contributed by atoms with van der Waals surface area (Å²) in [5, 5.41) is 27.6. The van der Waals surface area contributed by atoms with Crippen molar-refractivity contribution in [2.24, 2.45) is 7.05 Å². The van der Waals surface area contributed by atoms with Crippen molar-refractivity contribution in [2.75, 3.05) is 13.2 Å². The number of H-pyrrole nitrogens is 1. The lowest BCUT2D eigenvalue weighted by Gasteiger charge is -2.27. The fourth-order valence-electron chi connectivity index (χ4n) is 5.24. The van der Waals surface area contributed by atoms with Gasteiger partial charge in [0, 0.05) is 37.1 Å². The summed E-state index contributed by atoms with van der Waals surface area (Å²) >= 11 is 0. The van der Waals surface area contributed by atoms with Gasteiger partial charge in [-0.2, -0.15) is 15.3 Å². The summed E-state index contributed by atoms with van der Waals surface area (Å²) in [6.45, 7) is 8.11. The lowest BCUT2D eigenvalue weighted by Crippen LogP contribution is -2.36. The van der Waals surface area contributed by atoms with Crippen LogP contribution >= 0.6 is 0 Å². The molecule has 0 unspecified atom stereocenters. The van der Waals surface area contributed by atoms with Crippen LogP contribution in [0.2, 0.25) is 0 Å². The summed E-state index contributed by atoms with van der Waals surface area (Å²) in [7, 11) is 1.92. The van der Waals surface area contributed by atoms with E-state index >= 15 is 0 Å². The maximum absolute atomic E-state index is 9.64. The number of fused-ring (bicyclic) bond motifs is 4. The third-order valence-corrected chi connectivity index (χ3v) is 7.11. The third-order valence-electron chi connectivity index (χ3n) is 7.11. The topological polar surface area (TPSA) is 110 Å². The van der Waals surface area contributed by atoms with Crippen LogP contribution in [0.25, 0.3) is 34.3 Å². The quantitative estimate of drug-likeness (QED) is 0.456. The molecule has 1 aliphatic heterocycles. The van der Waals surface area contributed by atoms with E-state index in [-0.39, 0.29) is 12.7 Å². The molecule has 0 radical (unpaired) electrons. The van der Waals surface area contributed by atoms with E-state index in [2.05, 4.69) is 50.4 Å². The van der Waals surface area contributed by atoms with Gasteiger partial charge >= 0.3 is 0 Å². The van der Waals surface area contributed by atoms with Gasteiger partial charge in [0.1, 0.15) is 11.6 Å². The first-order valence-electron chi connectivity index (χ1n) is 12.6. The summed E-state index contributed by atoms with van der Waals surface area (Å²) in [5.74, 6) is 0.725. The Bertz CT molecular complexity index is 1460. The highest BCUT2D eigenvalue weighted by atomic mass is 16.5.